The molecule has 0 saturated heterocycles. The van der Waals surface area contributed by atoms with E-state index in [9.17, 15) is 0 Å². The second-order valence-corrected chi connectivity index (χ2v) is 5.78. The summed E-state index contributed by atoms with van der Waals surface area (Å²) in [5.74, 6) is 0.835. The zero-order chi connectivity index (χ0) is 16.1. The van der Waals surface area contributed by atoms with Gasteiger partial charge >= 0.3 is 0 Å². The molecule has 0 fully saturated rings. The summed E-state index contributed by atoms with van der Waals surface area (Å²) < 4.78 is 7.25. The minimum absolute atomic E-state index is 0.255. The maximum absolute atomic E-state index is 6.11. The molecule has 0 aliphatic rings. The van der Waals surface area contributed by atoms with Crippen LogP contribution in [0.15, 0.2) is 35.2 Å². The molecule has 4 rings (SSSR count). The minimum Gasteiger partial charge on any atom is -0.383 e. The van der Waals surface area contributed by atoms with Gasteiger partial charge in [-0.3, -0.25) is 0 Å². The molecular weight excluding hydrogens is 292 g/mol. The molecule has 3 heterocycles. The fraction of sp³-hybridized carbons (Fsp3) is 0.188. The van der Waals surface area contributed by atoms with Crippen molar-refractivity contribution in [1.29, 1.82) is 0 Å². The van der Waals surface area contributed by atoms with Crippen LogP contribution in [0.5, 0.6) is 0 Å². The predicted molar refractivity (Wildman–Crippen MR) is 89.7 cm³/mol. The predicted octanol–water partition coefficient (Wildman–Crippen LogP) is 2.98. The van der Waals surface area contributed by atoms with Gasteiger partial charge in [-0.15, -0.1) is 0 Å². The highest BCUT2D eigenvalue weighted by Gasteiger charge is 2.17. The number of rotatable bonds is 2. The van der Waals surface area contributed by atoms with E-state index in [0.717, 1.165) is 27.5 Å². The molecule has 4 N–H and O–H groups in total. The van der Waals surface area contributed by atoms with E-state index in [0.29, 0.717) is 17.2 Å². The molecule has 23 heavy (non-hydrogen) atoms. The van der Waals surface area contributed by atoms with Crippen molar-refractivity contribution in [2.24, 2.45) is 0 Å². The van der Waals surface area contributed by atoms with Crippen LogP contribution in [0.1, 0.15) is 19.9 Å². The highest BCUT2D eigenvalue weighted by molar-refractivity contribution is 6.02. The largest absolute Gasteiger partial charge is 0.383 e. The van der Waals surface area contributed by atoms with Crippen LogP contribution in [-0.4, -0.2) is 19.7 Å². The summed E-state index contributed by atoms with van der Waals surface area (Å²) >= 11 is 0. The normalized spacial score (nSPS) is 11.8. The van der Waals surface area contributed by atoms with Gasteiger partial charge in [-0.2, -0.15) is 0 Å². The monoisotopic (exact) mass is 308 g/mol. The first-order chi connectivity index (χ1) is 11.1. The van der Waals surface area contributed by atoms with E-state index >= 15 is 0 Å². The molecule has 7 nitrogen and oxygen atoms in total. The first-order valence-electron chi connectivity index (χ1n) is 7.32. The second-order valence-electron chi connectivity index (χ2n) is 5.78. The quantitative estimate of drug-likeness (QED) is 0.589. The van der Waals surface area contributed by atoms with E-state index in [2.05, 4.69) is 33.5 Å². The van der Waals surface area contributed by atoms with Gasteiger partial charge in [0, 0.05) is 17.8 Å². The Hall–Kier alpha value is -3.09. The van der Waals surface area contributed by atoms with Gasteiger partial charge in [0.25, 0.3) is 0 Å². The standard InChI is InChI=1S/C16H16N6O/c1-8(2)22-6-11(13-15(18)19-7-20-16(13)22)9-3-4-12-10(5-9)14(17)21-23-12/h3-8H,1-2H3,(H2,17,21)(H2,18,19,20). The SMILES string of the molecule is CC(C)n1cc(-c2ccc3onc(N)c3c2)c2c(N)ncnc21. The summed E-state index contributed by atoms with van der Waals surface area (Å²) in [5.41, 5.74) is 15.4. The summed E-state index contributed by atoms with van der Waals surface area (Å²) in [5, 5.41) is 5.42. The molecule has 1 aromatic carbocycles. The molecule has 0 spiro atoms. The van der Waals surface area contributed by atoms with Crippen LogP contribution < -0.4 is 11.5 Å². The number of hydrogen-bond acceptors (Lipinski definition) is 6. The number of nitrogen functional groups attached to an aromatic ring is 2. The maximum atomic E-state index is 6.11. The first kappa shape index (κ1) is 13.6. The van der Waals surface area contributed by atoms with E-state index in [1.165, 1.54) is 6.33 Å². The van der Waals surface area contributed by atoms with Gasteiger partial charge in [-0.25, -0.2) is 9.97 Å². The Morgan fingerprint density at radius 1 is 1.13 bits per heavy atom. The number of benzene rings is 1. The molecule has 0 bridgehead atoms. The lowest BCUT2D eigenvalue weighted by atomic mass is 10.0. The molecule has 4 aromatic rings. The minimum atomic E-state index is 0.255. The van der Waals surface area contributed by atoms with E-state index in [4.69, 9.17) is 16.0 Å². The van der Waals surface area contributed by atoms with Crippen LogP contribution in [0.25, 0.3) is 33.1 Å². The molecular formula is C16H16N6O. The average molecular weight is 308 g/mol. The molecule has 0 aliphatic heterocycles. The van der Waals surface area contributed by atoms with Crippen molar-refractivity contribution >= 4 is 33.6 Å². The van der Waals surface area contributed by atoms with Crippen LogP contribution in [0.2, 0.25) is 0 Å². The van der Waals surface area contributed by atoms with Gasteiger partial charge in [-0.05, 0) is 31.5 Å². The second kappa shape index (κ2) is 4.70. The molecule has 0 amide bonds. The van der Waals surface area contributed by atoms with E-state index in [1.807, 2.05) is 24.4 Å². The number of hydrogen-bond donors (Lipinski definition) is 2. The molecule has 0 radical (unpaired) electrons. The first-order valence-corrected chi connectivity index (χ1v) is 7.32. The Morgan fingerprint density at radius 3 is 2.74 bits per heavy atom. The Balaban J connectivity index is 2.05. The molecule has 0 aliphatic carbocycles. The lowest BCUT2D eigenvalue weighted by Gasteiger charge is -2.07. The average Bonchev–Trinajstić information content (AvgIpc) is 3.09. The number of fused-ring (bicyclic) bond motifs is 2. The van der Waals surface area contributed by atoms with Crippen LogP contribution in [0.4, 0.5) is 11.6 Å². The maximum Gasteiger partial charge on any atom is 0.174 e. The Bertz CT molecular complexity index is 1030. The molecule has 7 heteroatoms. The number of aromatic nitrogens is 4. The van der Waals surface area contributed by atoms with E-state index < -0.39 is 0 Å². The van der Waals surface area contributed by atoms with Gasteiger partial charge < -0.3 is 20.6 Å². The third kappa shape index (κ3) is 1.93. The van der Waals surface area contributed by atoms with Crippen molar-refractivity contribution in [3.8, 4) is 11.1 Å². The van der Waals surface area contributed by atoms with Crippen molar-refractivity contribution in [2.75, 3.05) is 11.5 Å². The summed E-state index contributed by atoms with van der Waals surface area (Å²) in [6, 6.07) is 6.02. The molecule has 3 aromatic heterocycles. The Kier molecular flexibility index (Phi) is 2.77. The number of nitrogens with two attached hydrogens (primary N) is 2. The van der Waals surface area contributed by atoms with Crippen LogP contribution >= 0.6 is 0 Å². The van der Waals surface area contributed by atoms with Gasteiger partial charge in [-0.1, -0.05) is 11.2 Å². The number of nitrogens with zero attached hydrogens (tertiary/aromatic N) is 4. The topological polar surface area (TPSA) is 109 Å². The van der Waals surface area contributed by atoms with Crippen LogP contribution in [-0.2, 0) is 0 Å². The van der Waals surface area contributed by atoms with Crippen molar-refractivity contribution in [1.82, 2.24) is 19.7 Å². The molecule has 0 atom stereocenters. The van der Waals surface area contributed by atoms with Gasteiger partial charge in [0.15, 0.2) is 11.4 Å². The summed E-state index contributed by atoms with van der Waals surface area (Å²) in [4.78, 5) is 8.53. The highest BCUT2D eigenvalue weighted by atomic mass is 16.5. The van der Waals surface area contributed by atoms with E-state index in [1.54, 1.807) is 0 Å². The zero-order valence-corrected chi connectivity index (χ0v) is 12.8. The van der Waals surface area contributed by atoms with Crippen LogP contribution in [0.3, 0.4) is 0 Å². The fourth-order valence-electron chi connectivity index (χ4n) is 2.85. The van der Waals surface area contributed by atoms with Crippen molar-refractivity contribution in [3.63, 3.8) is 0 Å². The molecule has 0 saturated carbocycles. The van der Waals surface area contributed by atoms with E-state index in [-0.39, 0.29) is 6.04 Å². The van der Waals surface area contributed by atoms with Crippen molar-refractivity contribution in [2.45, 2.75) is 19.9 Å². The molecule has 0 unspecified atom stereocenters. The summed E-state index contributed by atoms with van der Waals surface area (Å²) in [6.07, 6.45) is 3.53. The lowest BCUT2D eigenvalue weighted by Crippen LogP contribution is -2.00. The van der Waals surface area contributed by atoms with Crippen molar-refractivity contribution in [3.05, 3.63) is 30.7 Å². The molecule has 116 valence electrons. The summed E-state index contributed by atoms with van der Waals surface area (Å²) in [6.45, 7) is 4.20. The van der Waals surface area contributed by atoms with Gasteiger partial charge in [0.1, 0.15) is 17.8 Å². The lowest BCUT2D eigenvalue weighted by molar-refractivity contribution is 0.460. The zero-order valence-electron chi connectivity index (χ0n) is 12.8. The smallest absolute Gasteiger partial charge is 0.174 e. The van der Waals surface area contributed by atoms with Crippen molar-refractivity contribution < 1.29 is 4.52 Å². The van der Waals surface area contributed by atoms with Gasteiger partial charge in [0.2, 0.25) is 0 Å². The highest BCUT2D eigenvalue weighted by Crippen LogP contribution is 2.36. The number of anilines is 2. The third-order valence-corrected chi connectivity index (χ3v) is 4.00. The Labute approximate surface area is 131 Å². The van der Waals surface area contributed by atoms with Crippen LogP contribution in [0, 0.1) is 0 Å². The Morgan fingerprint density at radius 2 is 1.96 bits per heavy atom. The van der Waals surface area contributed by atoms with Gasteiger partial charge in [0.05, 0.1) is 10.8 Å². The summed E-state index contributed by atoms with van der Waals surface area (Å²) in [7, 11) is 0. The third-order valence-electron chi connectivity index (χ3n) is 4.00. The fourth-order valence-corrected chi connectivity index (χ4v) is 2.85.